The Labute approximate surface area is 110 Å². The van der Waals surface area contributed by atoms with Gasteiger partial charge in [0.15, 0.2) is 0 Å². The summed E-state index contributed by atoms with van der Waals surface area (Å²) in [6.45, 7) is 12.2. The second-order valence-electron chi connectivity index (χ2n) is 3.14. The van der Waals surface area contributed by atoms with Crippen LogP contribution in [0.4, 0.5) is 0 Å². The van der Waals surface area contributed by atoms with Crippen molar-refractivity contribution in [1.29, 1.82) is 0 Å². The largest absolute Gasteiger partial charge is 0.244 e. The highest BCUT2D eigenvalue weighted by atomic mass is 32.1. The molecule has 1 heterocycles. The van der Waals surface area contributed by atoms with E-state index in [2.05, 4.69) is 43.1 Å². The van der Waals surface area contributed by atoms with Crippen LogP contribution in [0.25, 0.3) is 10.6 Å². The maximum absolute atomic E-state index is 4.33. The summed E-state index contributed by atoms with van der Waals surface area (Å²) < 4.78 is 0. The van der Waals surface area contributed by atoms with Gasteiger partial charge < -0.3 is 0 Å². The Balaban J connectivity index is 0.000000581. The van der Waals surface area contributed by atoms with Crippen LogP contribution in [0.1, 0.15) is 38.1 Å². The first-order valence-corrected chi connectivity index (χ1v) is 7.07. The van der Waals surface area contributed by atoms with Gasteiger partial charge in [-0.3, -0.25) is 0 Å². The average molecular weight is 249 g/mol. The van der Waals surface area contributed by atoms with Crippen LogP contribution in [-0.2, 0) is 0 Å². The van der Waals surface area contributed by atoms with Gasteiger partial charge in [-0.05, 0) is 13.8 Å². The number of hydrogen-bond donors (Lipinski definition) is 0. The molecule has 0 atom stereocenters. The molecule has 0 unspecified atom stereocenters. The van der Waals surface area contributed by atoms with Crippen LogP contribution >= 0.6 is 11.3 Å². The molecule has 1 nitrogen and oxygen atoms in total. The normalized spacial score (nSPS) is 8.59. The summed E-state index contributed by atoms with van der Waals surface area (Å²) in [4.78, 5) is 5.59. The van der Waals surface area contributed by atoms with Crippen molar-refractivity contribution in [3.8, 4) is 10.6 Å². The SMILES string of the molecule is CC.CC.Cc1ccc(-c2ncc(C)s2)cc1. The van der Waals surface area contributed by atoms with Crippen molar-refractivity contribution in [1.82, 2.24) is 4.98 Å². The van der Waals surface area contributed by atoms with Gasteiger partial charge >= 0.3 is 0 Å². The quantitative estimate of drug-likeness (QED) is 0.652. The summed E-state index contributed by atoms with van der Waals surface area (Å²) in [7, 11) is 0. The summed E-state index contributed by atoms with van der Waals surface area (Å²) in [5, 5.41) is 1.11. The summed E-state index contributed by atoms with van der Waals surface area (Å²) in [6.07, 6.45) is 1.92. The molecule has 0 aliphatic heterocycles. The second-order valence-corrected chi connectivity index (χ2v) is 4.38. The highest BCUT2D eigenvalue weighted by Gasteiger charge is 2.00. The lowest BCUT2D eigenvalue weighted by Gasteiger charge is -1.95. The zero-order valence-electron chi connectivity index (χ0n) is 11.7. The minimum absolute atomic E-state index is 1.11. The van der Waals surface area contributed by atoms with Crippen molar-refractivity contribution in [2.24, 2.45) is 0 Å². The van der Waals surface area contributed by atoms with Gasteiger partial charge in [0.05, 0.1) is 0 Å². The zero-order chi connectivity index (χ0) is 13.3. The summed E-state index contributed by atoms with van der Waals surface area (Å²) in [5.74, 6) is 0. The maximum Gasteiger partial charge on any atom is 0.123 e. The minimum Gasteiger partial charge on any atom is -0.244 e. The lowest BCUT2D eigenvalue weighted by Crippen LogP contribution is -1.75. The smallest absolute Gasteiger partial charge is 0.123 e. The Morgan fingerprint density at radius 1 is 0.882 bits per heavy atom. The third-order valence-electron chi connectivity index (χ3n) is 1.92. The van der Waals surface area contributed by atoms with Gasteiger partial charge in [-0.1, -0.05) is 57.5 Å². The Bertz CT molecular complexity index is 401. The van der Waals surface area contributed by atoms with Gasteiger partial charge in [0.1, 0.15) is 5.01 Å². The van der Waals surface area contributed by atoms with Crippen molar-refractivity contribution in [3.05, 3.63) is 40.9 Å². The zero-order valence-corrected chi connectivity index (χ0v) is 12.6. The Morgan fingerprint density at radius 3 is 1.82 bits per heavy atom. The van der Waals surface area contributed by atoms with Gasteiger partial charge in [-0.15, -0.1) is 11.3 Å². The number of aromatic nitrogens is 1. The minimum atomic E-state index is 1.11. The standard InChI is InChI=1S/C11H11NS.2C2H6/c1-8-3-5-10(6-4-8)11-12-7-9(2)13-11;2*1-2/h3-7H,1-2H3;2*1-2H3. The van der Waals surface area contributed by atoms with Crippen LogP contribution in [0.5, 0.6) is 0 Å². The predicted octanol–water partition coefficient (Wildman–Crippen LogP) is 5.48. The molecule has 2 aromatic rings. The number of hydrogen-bond acceptors (Lipinski definition) is 2. The van der Waals surface area contributed by atoms with Crippen molar-refractivity contribution >= 4 is 11.3 Å². The molecule has 0 amide bonds. The Kier molecular flexibility index (Phi) is 8.34. The van der Waals surface area contributed by atoms with E-state index in [1.165, 1.54) is 16.0 Å². The highest BCUT2D eigenvalue weighted by Crippen LogP contribution is 2.24. The monoisotopic (exact) mass is 249 g/mol. The molecule has 0 saturated carbocycles. The number of rotatable bonds is 1. The molecular weight excluding hydrogens is 226 g/mol. The van der Waals surface area contributed by atoms with Crippen LogP contribution in [0.15, 0.2) is 30.5 Å². The molecule has 2 rings (SSSR count). The summed E-state index contributed by atoms with van der Waals surface area (Å²) in [5.41, 5.74) is 2.50. The van der Waals surface area contributed by atoms with Crippen LogP contribution in [0.3, 0.4) is 0 Å². The summed E-state index contributed by atoms with van der Waals surface area (Å²) >= 11 is 1.74. The van der Waals surface area contributed by atoms with Crippen LogP contribution in [0.2, 0.25) is 0 Å². The first kappa shape index (κ1) is 15.9. The molecule has 0 fully saturated rings. The fourth-order valence-corrected chi connectivity index (χ4v) is 1.95. The molecule has 17 heavy (non-hydrogen) atoms. The third-order valence-corrected chi connectivity index (χ3v) is 2.88. The first-order valence-electron chi connectivity index (χ1n) is 6.25. The van der Waals surface area contributed by atoms with Crippen molar-refractivity contribution in [2.75, 3.05) is 0 Å². The first-order chi connectivity index (χ1) is 8.25. The highest BCUT2D eigenvalue weighted by molar-refractivity contribution is 7.14. The molecular formula is C15H23NS. The number of benzene rings is 1. The number of nitrogens with zero attached hydrogens (tertiary/aromatic N) is 1. The van der Waals surface area contributed by atoms with Gasteiger partial charge in [0.25, 0.3) is 0 Å². The van der Waals surface area contributed by atoms with Gasteiger partial charge in [0.2, 0.25) is 0 Å². The third kappa shape index (κ3) is 5.14. The molecule has 0 spiro atoms. The molecule has 0 aliphatic carbocycles. The molecule has 2 heteroatoms. The molecule has 94 valence electrons. The van der Waals surface area contributed by atoms with E-state index in [1.54, 1.807) is 11.3 Å². The van der Waals surface area contributed by atoms with E-state index in [0.717, 1.165) is 5.01 Å². The van der Waals surface area contributed by atoms with Crippen molar-refractivity contribution < 1.29 is 0 Å². The average Bonchev–Trinajstić information content (AvgIpc) is 2.82. The number of aryl methyl sites for hydroxylation is 2. The molecule has 1 aromatic heterocycles. The topological polar surface area (TPSA) is 12.9 Å². The molecule has 0 saturated heterocycles. The lowest BCUT2D eigenvalue weighted by molar-refractivity contribution is 1.37. The van der Waals surface area contributed by atoms with Crippen LogP contribution in [0, 0.1) is 13.8 Å². The van der Waals surface area contributed by atoms with E-state index >= 15 is 0 Å². The van der Waals surface area contributed by atoms with E-state index in [-0.39, 0.29) is 0 Å². The van der Waals surface area contributed by atoms with Crippen LogP contribution in [-0.4, -0.2) is 4.98 Å². The number of thiazole rings is 1. The van der Waals surface area contributed by atoms with E-state index in [1.807, 2.05) is 33.9 Å². The fraction of sp³-hybridized carbons (Fsp3) is 0.400. The van der Waals surface area contributed by atoms with E-state index in [9.17, 15) is 0 Å². The van der Waals surface area contributed by atoms with Gasteiger partial charge in [-0.25, -0.2) is 4.98 Å². The second kappa shape index (κ2) is 8.94. The Hall–Kier alpha value is -1.15. The molecule has 1 aromatic carbocycles. The maximum atomic E-state index is 4.33. The predicted molar refractivity (Wildman–Crippen MR) is 79.7 cm³/mol. The fourth-order valence-electron chi connectivity index (χ4n) is 1.18. The Morgan fingerprint density at radius 2 is 1.41 bits per heavy atom. The van der Waals surface area contributed by atoms with E-state index < -0.39 is 0 Å². The molecule has 0 radical (unpaired) electrons. The van der Waals surface area contributed by atoms with E-state index in [0.29, 0.717) is 0 Å². The van der Waals surface area contributed by atoms with Gasteiger partial charge in [-0.2, -0.15) is 0 Å². The molecule has 0 N–H and O–H groups in total. The van der Waals surface area contributed by atoms with Crippen molar-refractivity contribution in [3.63, 3.8) is 0 Å². The lowest BCUT2D eigenvalue weighted by atomic mass is 10.2. The van der Waals surface area contributed by atoms with E-state index in [4.69, 9.17) is 0 Å². The van der Waals surface area contributed by atoms with Gasteiger partial charge in [0, 0.05) is 16.6 Å². The molecule has 0 bridgehead atoms. The van der Waals surface area contributed by atoms with Crippen LogP contribution < -0.4 is 0 Å². The molecule has 0 aliphatic rings. The van der Waals surface area contributed by atoms with Crippen molar-refractivity contribution in [2.45, 2.75) is 41.5 Å². The summed E-state index contributed by atoms with van der Waals surface area (Å²) in [6, 6.07) is 8.47.